The average molecular weight is 304 g/mol. The van der Waals surface area contributed by atoms with Crippen LogP contribution in [0.3, 0.4) is 0 Å². The molecule has 0 bridgehead atoms. The van der Waals surface area contributed by atoms with Gasteiger partial charge in [-0.05, 0) is 24.3 Å². The van der Waals surface area contributed by atoms with Crippen LogP contribution >= 0.6 is 0 Å². The fraction of sp³-hybridized carbons (Fsp3) is 0.118. The molecule has 6 heteroatoms. The monoisotopic (exact) mass is 304 g/mol. The highest BCUT2D eigenvalue weighted by Gasteiger charge is 2.13. The second-order valence-electron chi connectivity index (χ2n) is 5.45. The minimum Gasteiger partial charge on any atom is -0.343 e. The summed E-state index contributed by atoms with van der Waals surface area (Å²) in [6.07, 6.45) is 9.23. The average Bonchev–Trinajstić information content (AvgIpc) is 3.13. The number of aryl methyl sites for hydroxylation is 2. The van der Waals surface area contributed by atoms with E-state index in [1.807, 2.05) is 43.8 Å². The molecule has 0 aliphatic rings. The molecular weight excluding hydrogens is 288 g/mol. The molecular formula is C17H16N6. The van der Waals surface area contributed by atoms with Crippen molar-refractivity contribution in [3.63, 3.8) is 0 Å². The first-order chi connectivity index (χ1) is 11.2. The summed E-state index contributed by atoms with van der Waals surface area (Å²) >= 11 is 0. The largest absolute Gasteiger partial charge is 0.343 e. The third-order valence-corrected chi connectivity index (χ3v) is 3.90. The Morgan fingerprint density at radius 3 is 2.74 bits per heavy atom. The number of hydrogen-bond donors (Lipinski definition) is 1. The molecule has 0 aliphatic carbocycles. The second kappa shape index (κ2) is 5.24. The van der Waals surface area contributed by atoms with Crippen LogP contribution in [-0.2, 0) is 14.1 Å². The van der Waals surface area contributed by atoms with Gasteiger partial charge in [-0.2, -0.15) is 5.10 Å². The van der Waals surface area contributed by atoms with E-state index in [1.54, 1.807) is 17.1 Å². The van der Waals surface area contributed by atoms with Gasteiger partial charge >= 0.3 is 0 Å². The van der Waals surface area contributed by atoms with Crippen molar-refractivity contribution in [3.05, 3.63) is 55.2 Å². The Morgan fingerprint density at radius 1 is 1.09 bits per heavy atom. The molecule has 0 saturated heterocycles. The lowest BCUT2D eigenvalue weighted by Crippen LogP contribution is -1.95. The summed E-state index contributed by atoms with van der Waals surface area (Å²) in [5.41, 5.74) is 4.22. The molecule has 0 saturated carbocycles. The Balaban J connectivity index is 1.84. The molecule has 0 spiro atoms. The summed E-state index contributed by atoms with van der Waals surface area (Å²) in [6.45, 7) is 0. The lowest BCUT2D eigenvalue weighted by atomic mass is 10.2. The van der Waals surface area contributed by atoms with E-state index in [2.05, 4.69) is 38.1 Å². The van der Waals surface area contributed by atoms with Gasteiger partial charge in [0.1, 0.15) is 5.82 Å². The van der Waals surface area contributed by atoms with Gasteiger partial charge in [0.05, 0.1) is 29.3 Å². The number of hydrogen-bond acceptors (Lipinski definition) is 4. The zero-order valence-electron chi connectivity index (χ0n) is 12.9. The maximum absolute atomic E-state index is 4.48. The number of nitrogens with zero attached hydrogens (tertiary/aromatic N) is 5. The molecule has 4 heterocycles. The summed E-state index contributed by atoms with van der Waals surface area (Å²) in [7, 11) is 3.97. The topological polar surface area (TPSA) is 60.6 Å². The van der Waals surface area contributed by atoms with Gasteiger partial charge in [0, 0.05) is 43.6 Å². The van der Waals surface area contributed by atoms with Gasteiger partial charge in [0.15, 0.2) is 0 Å². The van der Waals surface area contributed by atoms with Gasteiger partial charge in [-0.15, -0.1) is 0 Å². The summed E-state index contributed by atoms with van der Waals surface area (Å²) in [5, 5.41) is 8.66. The van der Waals surface area contributed by atoms with Crippen LogP contribution < -0.4 is 5.32 Å². The Labute approximate surface area is 133 Å². The normalized spacial score (nSPS) is 11.0. The molecule has 0 fully saturated rings. The van der Waals surface area contributed by atoms with Crippen molar-refractivity contribution in [1.82, 2.24) is 24.3 Å². The Kier molecular flexibility index (Phi) is 3.08. The molecule has 0 aliphatic heterocycles. The van der Waals surface area contributed by atoms with Gasteiger partial charge in [-0.25, -0.2) is 4.98 Å². The molecule has 114 valence electrons. The SMILES string of the molecule is Cn1cc(-c2cc3c(Nc4cccnc4)nccc3n2C)cn1. The smallest absolute Gasteiger partial charge is 0.139 e. The van der Waals surface area contributed by atoms with E-state index >= 15 is 0 Å². The van der Waals surface area contributed by atoms with E-state index in [-0.39, 0.29) is 0 Å². The van der Waals surface area contributed by atoms with Crippen molar-refractivity contribution < 1.29 is 0 Å². The van der Waals surface area contributed by atoms with Gasteiger partial charge < -0.3 is 9.88 Å². The summed E-state index contributed by atoms with van der Waals surface area (Å²) < 4.78 is 3.96. The Bertz CT molecular complexity index is 967. The van der Waals surface area contributed by atoms with E-state index in [1.165, 1.54) is 0 Å². The predicted octanol–water partition coefficient (Wildman–Crippen LogP) is 3.11. The highest BCUT2D eigenvalue weighted by molar-refractivity contribution is 5.95. The third-order valence-electron chi connectivity index (χ3n) is 3.90. The van der Waals surface area contributed by atoms with Crippen LogP contribution in [0.1, 0.15) is 0 Å². The molecule has 4 aromatic rings. The van der Waals surface area contributed by atoms with E-state index in [0.717, 1.165) is 33.7 Å². The number of pyridine rings is 2. The van der Waals surface area contributed by atoms with Crippen LogP contribution in [0.5, 0.6) is 0 Å². The lowest BCUT2D eigenvalue weighted by Gasteiger charge is -2.06. The summed E-state index contributed by atoms with van der Waals surface area (Å²) in [5.74, 6) is 0.821. The first kappa shape index (κ1) is 13.5. The molecule has 0 atom stereocenters. The number of rotatable bonds is 3. The molecule has 23 heavy (non-hydrogen) atoms. The fourth-order valence-electron chi connectivity index (χ4n) is 2.76. The minimum absolute atomic E-state index is 0.821. The van der Waals surface area contributed by atoms with Crippen molar-refractivity contribution in [1.29, 1.82) is 0 Å². The van der Waals surface area contributed by atoms with Crippen LogP contribution in [0.4, 0.5) is 11.5 Å². The maximum Gasteiger partial charge on any atom is 0.139 e. The Hall–Kier alpha value is -3.15. The highest BCUT2D eigenvalue weighted by Crippen LogP contribution is 2.31. The van der Waals surface area contributed by atoms with E-state index in [0.29, 0.717) is 0 Å². The van der Waals surface area contributed by atoms with Gasteiger partial charge in [0.25, 0.3) is 0 Å². The molecule has 0 radical (unpaired) electrons. The molecule has 1 N–H and O–H groups in total. The quantitative estimate of drug-likeness (QED) is 0.632. The van der Waals surface area contributed by atoms with Crippen LogP contribution in [0.2, 0.25) is 0 Å². The third kappa shape index (κ3) is 2.34. The van der Waals surface area contributed by atoms with Gasteiger partial charge in [-0.3, -0.25) is 9.67 Å². The van der Waals surface area contributed by atoms with Crippen molar-refractivity contribution in [2.75, 3.05) is 5.32 Å². The van der Waals surface area contributed by atoms with E-state index in [9.17, 15) is 0 Å². The zero-order valence-corrected chi connectivity index (χ0v) is 12.9. The maximum atomic E-state index is 4.48. The van der Waals surface area contributed by atoms with Crippen molar-refractivity contribution in [2.24, 2.45) is 14.1 Å². The second-order valence-corrected chi connectivity index (χ2v) is 5.45. The lowest BCUT2D eigenvalue weighted by molar-refractivity contribution is 0.768. The molecule has 0 aromatic carbocycles. The summed E-state index contributed by atoms with van der Waals surface area (Å²) in [4.78, 5) is 8.61. The number of aromatic nitrogens is 5. The van der Waals surface area contributed by atoms with Crippen LogP contribution in [0.15, 0.2) is 55.2 Å². The van der Waals surface area contributed by atoms with E-state index < -0.39 is 0 Å². The molecule has 4 rings (SSSR count). The van der Waals surface area contributed by atoms with Crippen molar-refractivity contribution in [3.8, 4) is 11.3 Å². The zero-order chi connectivity index (χ0) is 15.8. The highest BCUT2D eigenvalue weighted by atomic mass is 15.2. The Morgan fingerprint density at radius 2 is 2.00 bits per heavy atom. The van der Waals surface area contributed by atoms with Gasteiger partial charge in [0.2, 0.25) is 0 Å². The standard InChI is InChI=1S/C17H16N6/c1-22-11-12(9-20-22)16-8-14-15(23(16)2)5-7-19-17(14)21-13-4-3-6-18-10-13/h3-11H,1-2H3,(H,19,21). The van der Waals surface area contributed by atoms with Crippen LogP contribution in [-0.4, -0.2) is 24.3 Å². The summed E-state index contributed by atoms with van der Waals surface area (Å²) in [6, 6.07) is 8.02. The van der Waals surface area contributed by atoms with Crippen LogP contribution in [0, 0.1) is 0 Å². The molecule has 6 nitrogen and oxygen atoms in total. The number of fused-ring (bicyclic) bond motifs is 1. The number of nitrogens with one attached hydrogen (secondary N) is 1. The van der Waals surface area contributed by atoms with Crippen LogP contribution in [0.25, 0.3) is 22.2 Å². The van der Waals surface area contributed by atoms with Gasteiger partial charge in [-0.1, -0.05) is 0 Å². The number of anilines is 2. The first-order valence-electron chi connectivity index (χ1n) is 7.33. The molecule has 0 amide bonds. The van der Waals surface area contributed by atoms with Crippen molar-refractivity contribution in [2.45, 2.75) is 0 Å². The van der Waals surface area contributed by atoms with E-state index in [4.69, 9.17) is 0 Å². The first-order valence-corrected chi connectivity index (χ1v) is 7.33. The molecule has 0 unspecified atom stereocenters. The minimum atomic E-state index is 0.821. The predicted molar refractivity (Wildman–Crippen MR) is 90.4 cm³/mol. The van der Waals surface area contributed by atoms with Crippen molar-refractivity contribution >= 4 is 22.4 Å². The molecule has 4 aromatic heterocycles. The fourth-order valence-corrected chi connectivity index (χ4v) is 2.76.